The average molecular weight is 528 g/mol. The van der Waals surface area contributed by atoms with Gasteiger partial charge in [-0.2, -0.15) is 8.42 Å². The number of aromatic amines is 1. The molecule has 29 heavy (non-hydrogen) atoms. The third kappa shape index (κ3) is 4.04. The van der Waals surface area contributed by atoms with Gasteiger partial charge >= 0.3 is 0 Å². The lowest BCUT2D eigenvalue weighted by molar-refractivity contribution is 0.479. The lowest BCUT2D eigenvalue weighted by atomic mass is 9.83. The zero-order valence-corrected chi connectivity index (χ0v) is 20.3. The highest BCUT2D eigenvalue weighted by Crippen LogP contribution is 2.44. The van der Waals surface area contributed by atoms with Gasteiger partial charge < -0.3 is 4.98 Å². The first kappa shape index (κ1) is 22.1. The molecule has 9 heteroatoms. The minimum atomic E-state index is -4.45. The number of H-pyrrole nitrogens is 1. The molecular weight excluding hydrogens is 503 g/mol. The molecule has 0 saturated carbocycles. The molecule has 0 aliphatic carbocycles. The van der Waals surface area contributed by atoms with Crippen molar-refractivity contribution in [1.82, 2.24) is 19.9 Å². The van der Waals surface area contributed by atoms with E-state index in [0.717, 1.165) is 11.1 Å². The minimum absolute atomic E-state index is 0.0109. The highest BCUT2D eigenvalue weighted by molar-refractivity contribution is 14.1. The normalized spacial score (nSPS) is 12.7. The summed E-state index contributed by atoms with van der Waals surface area (Å²) in [6.07, 6.45) is 1.55. The van der Waals surface area contributed by atoms with Gasteiger partial charge in [-0.3, -0.25) is 4.55 Å². The van der Waals surface area contributed by atoms with Crippen LogP contribution < -0.4 is 0 Å². The first-order chi connectivity index (χ1) is 13.4. The Morgan fingerprint density at radius 2 is 1.62 bits per heavy atom. The molecule has 156 valence electrons. The Balaban J connectivity index is 2.63. The standard InChI is InChI=1S/C20H25IN4O3S/c1-9(2)12-7-13(10(3)4)18(29(26,27)28)14(11(5)6)15(12)16-17-19(23-8-22-17)25-20(21)24-16/h7-11H,1-6H3,(H,26,27,28)(H,22,23,24,25). The van der Waals surface area contributed by atoms with Crippen LogP contribution in [-0.2, 0) is 10.1 Å². The second kappa shape index (κ2) is 7.92. The van der Waals surface area contributed by atoms with Crippen LogP contribution in [0.15, 0.2) is 17.3 Å². The first-order valence-electron chi connectivity index (χ1n) is 9.48. The molecule has 2 aromatic heterocycles. The van der Waals surface area contributed by atoms with Gasteiger partial charge in [-0.15, -0.1) is 0 Å². The molecule has 0 aliphatic heterocycles. The minimum Gasteiger partial charge on any atom is -0.341 e. The van der Waals surface area contributed by atoms with Crippen molar-refractivity contribution in [3.63, 3.8) is 0 Å². The number of rotatable bonds is 5. The maximum Gasteiger partial charge on any atom is 0.295 e. The lowest BCUT2D eigenvalue weighted by Crippen LogP contribution is -2.14. The van der Waals surface area contributed by atoms with Crippen molar-refractivity contribution in [2.45, 2.75) is 64.2 Å². The topological polar surface area (TPSA) is 109 Å². The summed E-state index contributed by atoms with van der Waals surface area (Å²) in [5, 5.41) is 0. The Hall–Kier alpha value is -1.59. The number of hydrogen-bond donors (Lipinski definition) is 2. The molecule has 0 atom stereocenters. The summed E-state index contributed by atoms with van der Waals surface area (Å²) < 4.78 is 35.8. The number of fused-ring (bicyclic) bond motifs is 1. The fourth-order valence-corrected chi connectivity index (χ4v) is 5.38. The third-order valence-corrected chi connectivity index (χ3v) is 6.40. The molecule has 2 heterocycles. The average Bonchev–Trinajstić information content (AvgIpc) is 3.06. The van der Waals surface area contributed by atoms with Gasteiger partial charge in [-0.25, -0.2) is 15.0 Å². The van der Waals surface area contributed by atoms with Crippen LogP contribution in [0, 0.1) is 3.83 Å². The molecule has 7 nitrogen and oxygen atoms in total. The zero-order chi connectivity index (χ0) is 21.7. The van der Waals surface area contributed by atoms with Gasteiger partial charge in [-0.1, -0.05) is 47.6 Å². The molecule has 1 aromatic carbocycles. The molecule has 0 bridgehead atoms. The van der Waals surface area contributed by atoms with Crippen LogP contribution in [0.3, 0.4) is 0 Å². The van der Waals surface area contributed by atoms with E-state index < -0.39 is 10.1 Å². The molecule has 0 aliphatic rings. The maximum absolute atomic E-state index is 12.5. The summed E-state index contributed by atoms with van der Waals surface area (Å²) in [6.45, 7) is 11.8. The van der Waals surface area contributed by atoms with E-state index in [9.17, 15) is 13.0 Å². The number of halogens is 1. The molecule has 2 N–H and O–H groups in total. The highest BCUT2D eigenvalue weighted by Gasteiger charge is 2.31. The predicted octanol–water partition coefficient (Wildman–Crippen LogP) is 5.24. The zero-order valence-electron chi connectivity index (χ0n) is 17.3. The van der Waals surface area contributed by atoms with E-state index in [4.69, 9.17) is 0 Å². The molecule has 0 saturated heterocycles. The quantitative estimate of drug-likeness (QED) is 0.266. The largest absolute Gasteiger partial charge is 0.341 e. The number of nitrogens with one attached hydrogen (secondary N) is 1. The monoisotopic (exact) mass is 528 g/mol. The number of nitrogens with zero attached hydrogens (tertiary/aromatic N) is 3. The van der Waals surface area contributed by atoms with E-state index in [-0.39, 0.29) is 22.6 Å². The molecule has 0 amide bonds. The second-order valence-corrected chi connectivity index (χ2v) is 10.4. The summed E-state index contributed by atoms with van der Waals surface area (Å²) in [5.41, 5.74) is 4.67. The van der Waals surface area contributed by atoms with Crippen molar-refractivity contribution >= 4 is 43.9 Å². The summed E-state index contributed by atoms with van der Waals surface area (Å²) in [7, 11) is -4.45. The van der Waals surface area contributed by atoms with Crippen LogP contribution in [0.25, 0.3) is 22.4 Å². The van der Waals surface area contributed by atoms with Crippen LogP contribution >= 0.6 is 22.6 Å². The Kier molecular flexibility index (Phi) is 6.03. The van der Waals surface area contributed by atoms with E-state index >= 15 is 0 Å². The SMILES string of the molecule is CC(C)c1cc(C(C)C)c(S(=O)(=O)O)c(C(C)C)c1-c1nc(I)nc2nc[nH]c12. The van der Waals surface area contributed by atoms with Crippen LogP contribution in [0.4, 0.5) is 0 Å². The van der Waals surface area contributed by atoms with Crippen LogP contribution in [0.1, 0.15) is 76.0 Å². The second-order valence-electron chi connectivity index (χ2n) is 8.05. The van der Waals surface area contributed by atoms with Crippen molar-refractivity contribution < 1.29 is 13.0 Å². The Bertz CT molecular complexity index is 1180. The van der Waals surface area contributed by atoms with Crippen LogP contribution in [-0.4, -0.2) is 32.9 Å². The molecule has 3 aromatic rings. The molecule has 3 rings (SSSR count). The van der Waals surface area contributed by atoms with Gasteiger partial charge in [0.2, 0.25) is 0 Å². The van der Waals surface area contributed by atoms with Gasteiger partial charge in [-0.05, 0) is 34.4 Å². The van der Waals surface area contributed by atoms with Gasteiger partial charge in [0.25, 0.3) is 10.1 Å². The number of benzene rings is 1. The Morgan fingerprint density at radius 3 is 2.14 bits per heavy atom. The Morgan fingerprint density at radius 1 is 1.00 bits per heavy atom. The lowest BCUT2D eigenvalue weighted by Gasteiger charge is -2.26. The van der Waals surface area contributed by atoms with Crippen molar-refractivity contribution in [2.24, 2.45) is 0 Å². The van der Waals surface area contributed by atoms with Crippen molar-refractivity contribution in [2.75, 3.05) is 0 Å². The smallest absolute Gasteiger partial charge is 0.295 e. The fraction of sp³-hybridized carbons (Fsp3) is 0.450. The van der Waals surface area contributed by atoms with E-state index in [1.54, 1.807) is 6.33 Å². The molecular formula is C20H25IN4O3S. The van der Waals surface area contributed by atoms with E-state index in [0.29, 0.717) is 31.8 Å². The van der Waals surface area contributed by atoms with E-state index in [1.807, 2.05) is 56.4 Å². The third-order valence-electron chi connectivity index (χ3n) is 4.95. The maximum atomic E-state index is 12.5. The first-order valence-corrected chi connectivity index (χ1v) is 12.0. The van der Waals surface area contributed by atoms with Gasteiger partial charge in [0.15, 0.2) is 9.48 Å². The van der Waals surface area contributed by atoms with Crippen molar-refractivity contribution in [1.29, 1.82) is 0 Å². The number of imidazole rings is 1. The Labute approximate surface area is 184 Å². The summed E-state index contributed by atoms with van der Waals surface area (Å²) in [6, 6.07) is 1.90. The van der Waals surface area contributed by atoms with Gasteiger partial charge in [0.05, 0.1) is 6.33 Å². The van der Waals surface area contributed by atoms with Gasteiger partial charge in [0.1, 0.15) is 16.1 Å². The van der Waals surface area contributed by atoms with E-state index in [1.165, 1.54) is 0 Å². The molecule has 0 spiro atoms. The number of aromatic nitrogens is 4. The highest BCUT2D eigenvalue weighted by atomic mass is 127. The van der Waals surface area contributed by atoms with Crippen LogP contribution in [0.5, 0.6) is 0 Å². The number of hydrogen-bond acceptors (Lipinski definition) is 5. The van der Waals surface area contributed by atoms with Crippen molar-refractivity contribution in [3.8, 4) is 11.3 Å². The predicted molar refractivity (Wildman–Crippen MR) is 122 cm³/mol. The van der Waals surface area contributed by atoms with Crippen molar-refractivity contribution in [3.05, 3.63) is 32.9 Å². The van der Waals surface area contributed by atoms with Crippen LogP contribution in [0.2, 0.25) is 0 Å². The van der Waals surface area contributed by atoms with Gasteiger partial charge in [0, 0.05) is 28.2 Å². The summed E-state index contributed by atoms with van der Waals surface area (Å²) in [5.74, 6) is -0.126. The van der Waals surface area contributed by atoms with E-state index in [2.05, 4.69) is 33.8 Å². The summed E-state index contributed by atoms with van der Waals surface area (Å²) >= 11 is 2.03. The molecule has 0 radical (unpaired) electrons. The summed E-state index contributed by atoms with van der Waals surface area (Å²) in [4.78, 5) is 16.3. The fourth-order valence-electron chi connectivity index (χ4n) is 3.70. The molecule has 0 unspecified atom stereocenters. The molecule has 0 fully saturated rings.